The van der Waals surface area contributed by atoms with E-state index in [4.69, 9.17) is 10.5 Å². The first-order valence-corrected chi connectivity index (χ1v) is 5.31. The Morgan fingerprint density at radius 1 is 1.21 bits per heavy atom. The third-order valence-corrected chi connectivity index (χ3v) is 1.95. The van der Waals surface area contributed by atoms with Gasteiger partial charge in [0.15, 0.2) is 0 Å². The van der Waals surface area contributed by atoms with Crippen molar-refractivity contribution in [3.63, 3.8) is 0 Å². The molecule has 3 nitrogen and oxygen atoms in total. The van der Waals surface area contributed by atoms with Crippen LogP contribution in [0.25, 0.3) is 0 Å². The lowest BCUT2D eigenvalue weighted by atomic mass is 10.1. The van der Waals surface area contributed by atoms with Crippen LogP contribution in [0.15, 0.2) is 11.3 Å². The Morgan fingerprint density at radius 2 is 1.86 bits per heavy atom. The summed E-state index contributed by atoms with van der Waals surface area (Å²) in [6, 6.07) is 0. The standard InChI is InChI=1S/C11H21NO2/c1-4-7-9(10(12)6-3)11(13)14-8-5-2/h4-8,12H2,1-3H3/b10-9-. The molecule has 2 N–H and O–H groups in total. The molecule has 0 aromatic rings. The highest BCUT2D eigenvalue weighted by atomic mass is 16.5. The van der Waals surface area contributed by atoms with E-state index in [1.807, 2.05) is 20.8 Å². The van der Waals surface area contributed by atoms with Crippen LogP contribution in [-0.2, 0) is 9.53 Å². The first-order chi connectivity index (χ1) is 6.67. The van der Waals surface area contributed by atoms with Crippen LogP contribution >= 0.6 is 0 Å². The van der Waals surface area contributed by atoms with Gasteiger partial charge in [0.05, 0.1) is 12.2 Å². The van der Waals surface area contributed by atoms with Crippen LogP contribution in [0.5, 0.6) is 0 Å². The van der Waals surface area contributed by atoms with Crippen molar-refractivity contribution >= 4 is 5.97 Å². The fraction of sp³-hybridized carbons (Fsp3) is 0.727. The topological polar surface area (TPSA) is 52.3 Å². The second-order valence-corrected chi connectivity index (χ2v) is 3.24. The van der Waals surface area contributed by atoms with Crippen molar-refractivity contribution in [3.8, 4) is 0 Å². The van der Waals surface area contributed by atoms with Crippen LogP contribution in [0.4, 0.5) is 0 Å². The molecule has 0 saturated carbocycles. The van der Waals surface area contributed by atoms with Crippen molar-refractivity contribution in [2.45, 2.75) is 46.5 Å². The predicted molar refractivity (Wildman–Crippen MR) is 57.7 cm³/mol. The Balaban J connectivity index is 4.41. The van der Waals surface area contributed by atoms with E-state index in [1.165, 1.54) is 0 Å². The Kier molecular flexibility index (Phi) is 6.89. The summed E-state index contributed by atoms with van der Waals surface area (Å²) in [6.07, 6.45) is 3.17. The van der Waals surface area contributed by atoms with Gasteiger partial charge in [-0.1, -0.05) is 27.2 Å². The Labute approximate surface area is 86.3 Å². The summed E-state index contributed by atoms with van der Waals surface area (Å²) in [4.78, 5) is 11.5. The number of allylic oxidation sites excluding steroid dienone is 1. The van der Waals surface area contributed by atoms with Crippen molar-refractivity contribution < 1.29 is 9.53 Å². The molecule has 0 rings (SSSR count). The van der Waals surface area contributed by atoms with E-state index in [0.717, 1.165) is 12.8 Å². The predicted octanol–water partition coefficient (Wildman–Crippen LogP) is 2.36. The fourth-order valence-electron chi connectivity index (χ4n) is 1.14. The number of esters is 1. The van der Waals surface area contributed by atoms with Gasteiger partial charge in [-0.25, -0.2) is 4.79 Å². The largest absolute Gasteiger partial charge is 0.462 e. The minimum atomic E-state index is -0.243. The van der Waals surface area contributed by atoms with Crippen LogP contribution in [0.1, 0.15) is 46.5 Å². The fourth-order valence-corrected chi connectivity index (χ4v) is 1.14. The second-order valence-electron chi connectivity index (χ2n) is 3.24. The van der Waals surface area contributed by atoms with Gasteiger partial charge in [-0.2, -0.15) is 0 Å². The molecule has 0 amide bonds. The number of hydrogen-bond acceptors (Lipinski definition) is 3. The van der Waals surface area contributed by atoms with Gasteiger partial charge in [-0.3, -0.25) is 0 Å². The molecule has 0 atom stereocenters. The van der Waals surface area contributed by atoms with Crippen molar-refractivity contribution in [1.82, 2.24) is 0 Å². The molecular weight excluding hydrogens is 178 g/mol. The average molecular weight is 199 g/mol. The minimum Gasteiger partial charge on any atom is -0.462 e. The molecule has 0 saturated heterocycles. The molecule has 0 bridgehead atoms. The van der Waals surface area contributed by atoms with Crippen molar-refractivity contribution in [3.05, 3.63) is 11.3 Å². The molecule has 82 valence electrons. The highest BCUT2D eigenvalue weighted by Gasteiger charge is 2.12. The zero-order valence-corrected chi connectivity index (χ0v) is 9.43. The second kappa shape index (κ2) is 7.42. The van der Waals surface area contributed by atoms with E-state index >= 15 is 0 Å². The zero-order valence-electron chi connectivity index (χ0n) is 9.43. The molecule has 14 heavy (non-hydrogen) atoms. The van der Waals surface area contributed by atoms with Crippen LogP contribution < -0.4 is 5.73 Å². The van der Waals surface area contributed by atoms with E-state index in [9.17, 15) is 4.79 Å². The molecule has 0 aliphatic carbocycles. The van der Waals surface area contributed by atoms with Gasteiger partial charge in [-0.05, 0) is 19.3 Å². The third-order valence-electron chi connectivity index (χ3n) is 1.95. The van der Waals surface area contributed by atoms with Crippen LogP contribution in [0, 0.1) is 0 Å². The number of carbonyl (C=O) groups excluding carboxylic acids is 1. The summed E-state index contributed by atoms with van der Waals surface area (Å²) in [7, 11) is 0. The summed E-state index contributed by atoms with van der Waals surface area (Å²) in [5.41, 5.74) is 7.07. The van der Waals surface area contributed by atoms with Gasteiger partial charge >= 0.3 is 5.97 Å². The Bertz CT molecular complexity index is 209. The van der Waals surface area contributed by atoms with Gasteiger partial charge in [-0.15, -0.1) is 0 Å². The number of hydrogen-bond donors (Lipinski definition) is 1. The van der Waals surface area contributed by atoms with Crippen molar-refractivity contribution in [1.29, 1.82) is 0 Å². The maximum atomic E-state index is 11.5. The highest BCUT2D eigenvalue weighted by molar-refractivity contribution is 5.89. The first kappa shape index (κ1) is 13.0. The summed E-state index contributed by atoms with van der Waals surface area (Å²) in [5, 5.41) is 0. The molecule has 0 aromatic carbocycles. The monoisotopic (exact) mass is 199 g/mol. The van der Waals surface area contributed by atoms with E-state index in [1.54, 1.807) is 0 Å². The molecule has 3 heteroatoms. The minimum absolute atomic E-state index is 0.243. The molecule has 0 heterocycles. The lowest BCUT2D eigenvalue weighted by Crippen LogP contribution is -2.14. The normalized spacial score (nSPS) is 12.2. The first-order valence-electron chi connectivity index (χ1n) is 5.31. The van der Waals surface area contributed by atoms with Crippen LogP contribution in [-0.4, -0.2) is 12.6 Å². The molecule has 0 radical (unpaired) electrons. The zero-order chi connectivity index (χ0) is 11.0. The Morgan fingerprint density at radius 3 is 2.29 bits per heavy atom. The van der Waals surface area contributed by atoms with Gasteiger partial charge in [0.2, 0.25) is 0 Å². The molecule has 0 fully saturated rings. The van der Waals surface area contributed by atoms with Crippen molar-refractivity contribution in [2.75, 3.05) is 6.61 Å². The number of ether oxygens (including phenoxy) is 1. The smallest absolute Gasteiger partial charge is 0.335 e. The van der Waals surface area contributed by atoms with Crippen LogP contribution in [0.3, 0.4) is 0 Å². The average Bonchev–Trinajstić information content (AvgIpc) is 2.21. The molecule has 0 aliphatic heterocycles. The molecular formula is C11H21NO2. The van der Waals surface area contributed by atoms with E-state index in [2.05, 4.69) is 0 Å². The molecule has 0 unspecified atom stereocenters. The van der Waals surface area contributed by atoms with Gasteiger partial charge in [0.1, 0.15) is 0 Å². The maximum absolute atomic E-state index is 11.5. The highest BCUT2D eigenvalue weighted by Crippen LogP contribution is 2.12. The summed E-state index contributed by atoms with van der Waals surface area (Å²) in [5.74, 6) is -0.243. The number of rotatable bonds is 6. The van der Waals surface area contributed by atoms with E-state index < -0.39 is 0 Å². The summed E-state index contributed by atoms with van der Waals surface area (Å²) >= 11 is 0. The van der Waals surface area contributed by atoms with Crippen LogP contribution in [0.2, 0.25) is 0 Å². The van der Waals surface area contributed by atoms with Crippen molar-refractivity contribution in [2.24, 2.45) is 5.73 Å². The number of carbonyl (C=O) groups is 1. The van der Waals surface area contributed by atoms with Gasteiger partial charge in [0.25, 0.3) is 0 Å². The molecule has 0 spiro atoms. The van der Waals surface area contributed by atoms with E-state index in [0.29, 0.717) is 30.7 Å². The Hall–Kier alpha value is -0.990. The van der Waals surface area contributed by atoms with E-state index in [-0.39, 0.29) is 5.97 Å². The molecule has 0 aliphatic rings. The van der Waals surface area contributed by atoms with Gasteiger partial charge in [0, 0.05) is 5.70 Å². The summed E-state index contributed by atoms with van der Waals surface area (Å²) < 4.78 is 5.05. The lowest BCUT2D eigenvalue weighted by molar-refractivity contribution is -0.139. The number of nitrogens with two attached hydrogens (primary N) is 1. The third kappa shape index (κ3) is 4.30. The molecule has 0 aromatic heterocycles. The quantitative estimate of drug-likeness (QED) is 0.527. The maximum Gasteiger partial charge on any atom is 0.335 e. The summed E-state index contributed by atoms with van der Waals surface area (Å²) in [6.45, 7) is 6.41. The lowest BCUT2D eigenvalue weighted by Gasteiger charge is -2.09. The SMILES string of the molecule is CCCOC(=O)/C(CCC)=C(\N)CC. The van der Waals surface area contributed by atoms with Gasteiger partial charge < -0.3 is 10.5 Å².